The SMILES string of the molecule is N#CC(=CNc1c(Br)cc(Cl)cc1Br)c1nn[nH]n1. The van der Waals surface area contributed by atoms with Crippen molar-refractivity contribution in [3.8, 4) is 6.07 Å². The van der Waals surface area contributed by atoms with E-state index in [0.717, 1.165) is 14.6 Å². The summed E-state index contributed by atoms with van der Waals surface area (Å²) in [5.41, 5.74) is 0.989. The zero-order valence-corrected chi connectivity index (χ0v) is 13.1. The van der Waals surface area contributed by atoms with E-state index in [2.05, 4.69) is 57.8 Å². The molecular weight excluding hydrogens is 399 g/mol. The largest absolute Gasteiger partial charge is 0.358 e. The first-order valence-electron chi connectivity index (χ1n) is 4.87. The molecule has 6 nitrogen and oxygen atoms in total. The molecule has 2 aromatic rings. The van der Waals surface area contributed by atoms with Gasteiger partial charge in [0.15, 0.2) is 0 Å². The van der Waals surface area contributed by atoms with Crippen molar-refractivity contribution in [3.63, 3.8) is 0 Å². The first-order valence-corrected chi connectivity index (χ1v) is 6.83. The van der Waals surface area contributed by atoms with E-state index >= 15 is 0 Å². The number of aromatic nitrogens is 4. The normalized spacial score (nSPS) is 11.2. The van der Waals surface area contributed by atoms with Crippen LogP contribution in [0.3, 0.4) is 0 Å². The van der Waals surface area contributed by atoms with Crippen molar-refractivity contribution < 1.29 is 0 Å². The quantitative estimate of drug-likeness (QED) is 0.766. The van der Waals surface area contributed by atoms with Crippen LogP contribution in [0.25, 0.3) is 5.57 Å². The van der Waals surface area contributed by atoms with E-state index in [9.17, 15) is 0 Å². The van der Waals surface area contributed by atoms with Gasteiger partial charge in [-0.1, -0.05) is 11.6 Å². The summed E-state index contributed by atoms with van der Waals surface area (Å²) in [5, 5.41) is 25.8. The number of nitrogens with one attached hydrogen (secondary N) is 2. The molecule has 9 heteroatoms. The average molecular weight is 404 g/mol. The fraction of sp³-hybridized carbons (Fsp3) is 0. The van der Waals surface area contributed by atoms with Crippen molar-refractivity contribution in [1.82, 2.24) is 20.6 Å². The standard InChI is InChI=1S/C10H5Br2ClN6/c11-7-1-6(13)2-8(12)9(7)15-4-5(3-14)10-16-18-19-17-10/h1-2,4,15H,(H,16,17,18,19). The number of hydrogen-bond donors (Lipinski definition) is 2. The summed E-state index contributed by atoms with van der Waals surface area (Å²) in [5.74, 6) is 0.219. The predicted octanol–water partition coefficient (Wildman–Crippen LogP) is 3.35. The predicted molar refractivity (Wildman–Crippen MR) is 78.2 cm³/mol. The molecule has 19 heavy (non-hydrogen) atoms. The molecule has 0 aliphatic heterocycles. The van der Waals surface area contributed by atoms with Gasteiger partial charge in [-0.3, -0.25) is 0 Å². The maximum Gasteiger partial charge on any atom is 0.216 e. The Hall–Kier alpha value is -1.43. The van der Waals surface area contributed by atoms with Crippen LogP contribution in [0.15, 0.2) is 27.3 Å². The maximum absolute atomic E-state index is 9.03. The fourth-order valence-electron chi connectivity index (χ4n) is 1.25. The molecule has 0 atom stereocenters. The Bertz CT molecular complexity index is 638. The van der Waals surface area contributed by atoms with Gasteiger partial charge in [-0.2, -0.15) is 10.5 Å². The summed E-state index contributed by atoms with van der Waals surface area (Å²) < 4.78 is 1.52. The Morgan fingerprint density at radius 2 is 2.11 bits per heavy atom. The van der Waals surface area contributed by atoms with Crippen LogP contribution in [0, 0.1) is 11.3 Å². The van der Waals surface area contributed by atoms with E-state index in [4.69, 9.17) is 16.9 Å². The number of aromatic amines is 1. The van der Waals surface area contributed by atoms with Crippen LogP contribution >= 0.6 is 43.5 Å². The van der Waals surface area contributed by atoms with E-state index in [1.807, 2.05) is 6.07 Å². The van der Waals surface area contributed by atoms with Crippen molar-refractivity contribution in [2.75, 3.05) is 5.32 Å². The summed E-state index contributed by atoms with van der Waals surface area (Å²) in [7, 11) is 0. The van der Waals surface area contributed by atoms with Crippen LogP contribution in [-0.2, 0) is 0 Å². The number of anilines is 1. The molecular formula is C10H5Br2ClN6. The Labute approximate surface area is 130 Å². The summed E-state index contributed by atoms with van der Waals surface area (Å²) in [6.45, 7) is 0. The summed E-state index contributed by atoms with van der Waals surface area (Å²) in [6.07, 6.45) is 1.49. The summed E-state index contributed by atoms with van der Waals surface area (Å²) >= 11 is 12.7. The number of allylic oxidation sites excluding steroid dienone is 1. The molecule has 0 unspecified atom stereocenters. The lowest BCUT2D eigenvalue weighted by Gasteiger charge is -2.07. The molecule has 0 spiro atoms. The first-order chi connectivity index (χ1) is 9.11. The van der Waals surface area contributed by atoms with Gasteiger partial charge in [0.1, 0.15) is 11.6 Å². The van der Waals surface area contributed by atoms with Gasteiger partial charge < -0.3 is 5.32 Å². The molecule has 0 saturated carbocycles. The van der Waals surface area contributed by atoms with Crippen molar-refractivity contribution in [2.24, 2.45) is 0 Å². The lowest BCUT2D eigenvalue weighted by atomic mass is 10.3. The van der Waals surface area contributed by atoms with Gasteiger partial charge in [0.05, 0.1) is 5.69 Å². The number of nitrogens with zero attached hydrogens (tertiary/aromatic N) is 4. The van der Waals surface area contributed by atoms with Gasteiger partial charge in [-0.25, -0.2) is 0 Å². The van der Waals surface area contributed by atoms with Crippen LogP contribution in [0.4, 0.5) is 5.69 Å². The van der Waals surface area contributed by atoms with Crippen molar-refractivity contribution >= 4 is 54.7 Å². The van der Waals surface area contributed by atoms with E-state index in [1.165, 1.54) is 6.20 Å². The Balaban J connectivity index is 2.30. The molecule has 0 aliphatic rings. The number of hydrogen-bond acceptors (Lipinski definition) is 5. The highest BCUT2D eigenvalue weighted by molar-refractivity contribution is 9.11. The third kappa shape index (κ3) is 3.32. The third-order valence-electron chi connectivity index (χ3n) is 2.07. The first kappa shape index (κ1) is 14.0. The van der Waals surface area contributed by atoms with Gasteiger partial charge in [-0.05, 0) is 49.2 Å². The minimum atomic E-state index is 0.219. The molecule has 0 radical (unpaired) electrons. The van der Waals surface area contributed by atoms with Gasteiger partial charge in [0, 0.05) is 20.2 Å². The molecule has 0 amide bonds. The minimum absolute atomic E-state index is 0.219. The fourth-order valence-corrected chi connectivity index (χ4v) is 3.14. The molecule has 2 N–H and O–H groups in total. The highest BCUT2D eigenvalue weighted by atomic mass is 79.9. The Morgan fingerprint density at radius 1 is 1.42 bits per heavy atom. The van der Waals surface area contributed by atoms with Crippen molar-refractivity contribution in [2.45, 2.75) is 0 Å². The number of H-pyrrole nitrogens is 1. The van der Waals surface area contributed by atoms with E-state index < -0.39 is 0 Å². The van der Waals surface area contributed by atoms with Crippen LogP contribution < -0.4 is 5.32 Å². The number of halogens is 3. The molecule has 0 aliphatic carbocycles. The number of nitriles is 1. The second-order valence-corrected chi connectivity index (χ2v) is 5.44. The van der Waals surface area contributed by atoms with Crippen LogP contribution in [0.1, 0.15) is 5.82 Å². The van der Waals surface area contributed by atoms with Crippen LogP contribution in [-0.4, -0.2) is 20.6 Å². The summed E-state index contributed by atoms with van der Waals surface area (Å²) in [4.78, 5) is 0. The molecule has 2 rings (SSSR count). The topological polar surface area (TPSA) is 90.3 Å². The molecule has 1 aromatic carbocycles. The van der Waals surface area contributed by atoms with E-state index in [0.29, 0.717) is 5.02 Å². The second kappa shape index (κ2) is 6.14. The second-order valence-electron chi connectivity index (χ2n) is 3.29. The zero-order valence-electron chi connectivity index (χ0n) is 9.15. The molecule has 1 aromatic heterocycles. The minimum Gasteiger partial charge on any atom is -0.358 e. The summed E-state index contributed by atoms with van der Waals surface area (Å²) in [6, 6.07) is 5.46. The number of rotatable bonds is 3. The van der Waals surface area contributed by atoms with Crippen molar-refractivity contribution in [1.29, 1.82) is 5.26 Å². The van der Waals surface area contributed by atoms with E-state index in [-0.39, 0.29) is 11.4 Å². The van der Waals surface area contributed by atoms with Crippen LogP contribution in [0.2, 0.25) is 5.02 Å². The molecule has 0 fully saturated rings. The van der Waals surface area contributed by atoms with Gasteiger partial charge in [0.2, 0.25) is 5.82 Å². The molecule has 96 valence electrons. The zero-order chi connectivity index (χ0) is 13.8. The molecule has 0 saturated heterocycles. The Morgan fingerprint density at radius 3 is 2.63 bits per heavy atom. The van der Waals surface area contributed by atoms with Gasteiger partial charge in [0.25, 0.3) is 0 Å². The van der Waals surface area contributed by atoms with Gasteiger partial charge >= 0.3 is 0 Å². The highest BCUT2D eigenvalue weighted by Crippen LogP contribution is 2.34. The van der Waals surface area contributed by atoms with Gasteiger partial charge in [-0.15, -0.1) is 10.2 Å². The highest BCUT2D eigenvalue weighted by Gasteiger charge is 2.08. The van der Waals surface area contributed by atoms with E-state index in [1.54, 1.807) is 12.1 Å². The smallest absolute Gasteiger partial charge is 0.216 e. The monoisotopic (exact) mass is 402 g/mol. The third-order valence-corrected chi connectivity index (χ3v) is 3.54. The maximum atomic E-state index is 9.03. The average Bonchev–Trinajstić information content (AvgIpc) is 2.86. The lowest BCUT2D eigenvalue weighted by molar-refractivity contribution is 0.881. The Kier molecular flexibility index (Phi) is 4.52. The van der Waals surface area contributed by atoms with Crippen molar-refractivity contribution in [3.05, 3.63) is 38.1 Å². The molecule has 0 bridgehead atoms. The molecule has 1 heterocycles. The number of tetrazole rings is 1. The van der Waals surface area contributed by atoms with Crippen LogP contribution in [0.5, 0.6) is 0 Å². The lowest BCUT2D eigenvalue weighted by Crippen LogP contribution is -1.95. The number of benzene rings is 1.